The molecular formula is C11H25NO2. The first-order valence-corrected chi connectivity index (χ1v) is 5.60. The van der Waals surface area contributed by atoms with Crippen LogP contribution in [0.2, 0.25) is 0 Å². The highest BCUT2D eigenvalue weighted by Crippen LogP contribution is 2.03. The van der Waals surface area contributed by atoms with Gasteiger partial charge >= 0.3 is 0 Å². The average molecular weight is 203 g/mol. The highest BCUT2D eigenvalue weighted by atomic mass is 16.5. The fraction of sp³-hybridized carbons (Fsp3) is 1.00. The first-order valence-electron chi connectivity index (χ1n) is 5.60. The van der Waals surface area contributed by atoms with Gasteiger partial charge in [-0.2, -0.15) is 0 Å². The molecule has 2 atom stereocenters. The normalized spacial score (nSPS) is 15.4. The summed E-state index contributed by atoms with van der Waals surface area (Å²) < 4.78 is 5.00. The number of methoxy groups -OCH3 is 1. The molecule has 0 radical (unpaired) electrons. The number of aliphatic hydroxyl groups is 1. The lowest BCUT2D eigenvalue weighted by Crippen LogP contribution is -2.41. The van der Waals surface area contributed by atoms with Gasteiger partial charge in [-0.05, 0) is 13.3 Å². The van der Waals surface area contributed by atoms with Crippen LogP contribution in [0, 0.1) is 0 Å². The van der Waals surface area contributed by atoms with E-state index in [1.165, 1.54) is 25.7 Å². The van der Waals surface area contributed by atoms with Crippen LogP contribution in [0.1, 0.15) is 39.5 Å². The van der Waals surface area contributed by atoms with Crippen LogP contribution >= 0.6 is 0 Å². The van der Waals surface area contributed by atoms with Gasteiger partial charge in [0.05, 0.1) is 19.3 Å². The second kappa shape index (κ2) is 9.44. The summed E-state index contributed by atoms with van der Waals surface area (Å²) >= 11 is 0. The van der Waals surface area contributed by atoms with E-state index < -0.39 is 0 Å². The lowest BCUT2D eigenvalue weighted by atomic mass is 10.1. The van der Waals surface area contributed by atoms with Gasteiger partial charge in [-0.1, -0.05) is 26.2 Å². The second-order valence-electron chi connectivity index (χ2n) is 3.90. The van der Waals surface area contributed by atoms with E-state index in [9.17, 15) is 0 Å². The van der Waals surface area contributed by atoms with Crippen molar-refractivity contribution in [3.8, 4) is 0 Å². The Morgan fingerprint density at radius 2 is 2.07 bits per heavy atom. The molecule has 0 amide bonds. The number of hydrogen-bond acceptors (Lipinski definition) is 3. The van der Waals surface area contributed by atoms with Crippen molar-refractivity contribution < 1.29 is 9.84 Å². The monoisotopic (exact) mass is 203 g/mol. The number of ether oxygens (including phenoxy) is 1. The minimum absolute atomic E-state index is 0.0802. The van der Waals surface area contributed by atoms with Gasteiger partial charge in [-0.25, -0.2) is 0 Å². The molecule has 0 spiro atoms. The first kappa shape index (κ1) is 13.9. The van der Waals surface area contributed by atoms with Crippen LogP contribution in [-0.2, 0) is 4.74 Å². The molecule has 0 aliphatic carbocycles. The molecule has 0 rings (SSSR count). The largest absolute Gasteiger partial charge is 0.395 e. The summed E-state index contributed by atoms with van der Waals surface area (Å²) in [5.74, 6) is 0. The topological polar surface area (TPSA) is 41.5 Å². The minimum atomic E-state index is 0.0802. The highest BCUT2D eigenvalue weighted by Gasteiger charge is 2.09. The summed E-state index contributed by atoms with van der Waals surface area (Å²) in [4.78, 5) is 0. The van der Waals surface area contributed by atoms with E-state index in [-0.39, 0.29) is 12.6 Å². The summed E-state index contributed by atoms with van der Waals surface area (Å²) in [5, 5.41) is 12.4. The number of unbranched alkanes of at least 4 members (excludes halogenated alkanes) is 2. The third-order valence-corrected chi connectivity index (χ3v) is 2.35. The van der Waals surface area contributed by atoms with Crippen molar-refractivity contribution in [3.05, 3.63) is 0 Å². The van der Waals surface area contributed by atoms with E-state index in [0.29, 0.717) is 12.6 Å². The Balaban J connectivity index is 3.51. The fourth-order valence-corrected chi connectivity index (χ4v) is 1.54. The fourth-order valence-electron chi connectivity index (χ4n) is 1.54. The maximum Gasteiger partial charge on any atom is 0.0638 e. The lowest BCUT2D eigenvalue weighted by Gasteiger charge is -2.20. The number of aliphatic hydroxyl groups excluding tert-OH is 1. The summed E-state index contributed by atoms with van der Waals surface area (Å²) in [7, 11) is 1.66. The van der Waals surface area contributed by atoms with Gasteiger partial charge < -0.3 is 15.2 Å². The van der Waals surface area contributed by atoms with Crippen molar-refractivity contribution >= 4 is 0 Å². The Labute approximate surface area is 87.8 Å². The van der Waals surface area contributed by atoms with Crippen molar-refractivity contribution in [2.75, 3.05) is 20.3 Å². The molecule has 0 aromatic carbocycles. The molecule has 2 N–H and O–H groups in total. The van der Waals surface area contributed by atoms with Crippen molar-refractivity contribution in [2.45, 2.75) is 51.6 Å². The smallest absolute Gasteiger partial charge is 0.0638 e. The van der Waals surface area contributed by atoms with Gasteiger partial charge in [0, 0.05) is 13.2 Å². The van der Waals surface area contributed by atoms with Gasteiger partial charge in [0.15, 0.2) is 0 Å². The molecule has 0 saturated heterocycles. The Morgan fingerprint density at radius 3 is 2.57 bits per heavy atom. The molecule has 0 aliphatic heterocycles. The standard InChI is InChI=1S/C11H25NO2/c1-4-5-6-7-10(2)12-11(8-13)9-14-3/h10-13H,4-9H2,1-3H3. The quantitative estimate of drug-likeness (QED) is 0.559. The van der Waals surface area contributed by atoms with Gasteiger partial charge in [-0.15, -0.1) is 0 Å². The van der Waals surface area contributed by atoms with E-state index in [0.717, 1.165) is 0 Å². The molecule has 3 heteroatoms. The number of nitrogens with one attached hydrogen (secondary N) is 1. The van der Waals surface area contributed by atoms with E-state index in [4.69, 9.17) is 9.84 Å². The van der Waals surface area contributed by atoms with Crippen LogP contribution in [0.4, 0.5) is 0 Å². The zero-order valence-electron chi connectivity index (χ0n) is 9.75. The molecular weight excluding hydrogens is 178 g/mol. The van der Waals surface area contributed by atoms with Crippen LogP contribution in [-0.4, -0.2) is 37.5 Å². The zero-order chi connectivity index (χ0) is 10.8. The Kier molecular flexibility index (Phi) is 9.35. The van der Waals surface area contributed by atoms with E-state index in [1.54, 1.807) is 7.11 Å². The molecule has 0 fully saturated rings. The third kappa shape index (κ3) is 7.30. The Bertz CT molecular complexity index is 120. The van der Waals surface area contributed by atoms with Crippen molar-refractivity contribution in [1.29, 1.82) is 0 Å². The van der Waals surface area contributed by atoms with Crippen LogP contribution in [0.5, 0.6) is 0 Å². The van der Waals surface area contributed by atoms with Gasteiger partial charge in [0.25, 0.3) is 0 Å². The molecule has 0 aromatic rings. The molecule has 3 nitrogen and oxygen atoms in total. The maximum atomic E-state index is 9.04. The number of rotatable bonds is 9. The summed E-state index contributed by atoms with van der Waals surface area (Å²) in [5.41, 5.74) is 0. The molecule has 2 unspecified atom stereocenters. The lowest BCUT2D eigenvalue weighted by molar-refractivity contribution is 0.122. The molecule has 0 aliphatic rings. The summed E-state index contributed by atoms with van der Waals surface area (Å²) in [6, 6.07) is 0.547. The van der Waals surface area contributed by atoms with Crippen LogP contribution in [0.25, 0.3) is 0 Å². The first-order chi connectivity index (χ1) is 6.74. The number of hydrogen-bond donors (Lipinski definition) is 2. The van der Waals surface area contributed by atoms with Gasteiger partial charge in [-0.3, -0.25) is 0 Å². The van der Waals surface area contributed by atoms with Gasteiger partial charge in [0.1, 0.15) is 0 Å². The summed E-state index contributed by atoms with van der Waals surface area (Å²) in [6.45, 7) is 5.09. The summed E-state index contributed by atoms with van der Waals surface area (Å²) in [6.07, 6.45) is 4.98. The Hall–Kier alpha value is -0.120. The predicted octanol–water partition coefficient (Wildman–Crippen LogP) is 1.55. The van der Waals surface area contributed by atoms with E-state index in [1.807, 2.05) is 0 Å². The second-order valence-corrected chi connectivity index (χ2v) is 3.90. The van der Waals surface area contributed by atoms with Crippen LogP contribution in [0.15, 0.2) is 0 Å². The van der Waals surface area contributed by atoms with Crippen LogP contribution < -0.4 is 5.32 Å². The average Bonchev–Trinajstić information content (AvgIpc) is 2.17. The molecule has 0 bridgehead atoms. The highest BCUT2D eigenvalue weighted by molar-refractivity contribution is 4.70. The van der Waals surface area contributed by atoms with Crippen LogP contribution in [0.3, 0.4) is 0 Å². The molecule has 0 saturated carbocycles. The maximum absolute atomic E-state index is 9.04. The zero-order valence-corrected chi connectivity index (χ0v) is 9.75. The van der Waals surface area contributed by atoms with Crippen molar-refractivity contribution in [1.82, 2.24) is 5.32 Å². The predicted molar refractivity (Wildman–Crippen MR) is 59.5 cm³/mol. The van der Waals surface area contributed by atoms with Crippen molar-refractivity contribution in [3.63, 3.8) is 0 Å². The molecule has 0 aromatic heterocycles. The van der Waals surface area contributed by atoms with E-state index >= 15 is 0 Å². The van der Waals surface area contributed by atoms with Crippen molar-refractivity contribution in [2.24, 2.45) is 0 Å². The Morgan fingerprint density at radius 1 is 1.36 bits per heavy atom. The SMILES string of the molecule is CCCCCC(C)NC(CO)COC. The molecule has 86 valence electrons. The molecule has 14 heavy (non-hydrogen) atoms. The molecule has 0 heterocycles. The third-order valence-electron chi connectivity index (χ3n) is 2.35. The minimum Gasteiger partial charge on any atom is -0.395 e. The van der Waals surface area contributed by atoms with E-state index in [2.05, 4.69) is 19.2 Å². The van der Waals surface area contributed by atoms with Gasteiger partial charge in [0.2, 0.25) is 0 Å².